The SMILES string of the molecule is CC(C)CC(=O)Nc1cccc(Oc2ccc3c(c2)C(=O)N(CC2CCCO2)C3=O)c1. The molecule has 2 aromatic carbocycles. The summed E-state index contributed by atoms with van der Waals surface area (Å²) in [4.78, 5) is 38.7. The molecule has 1 atom stereocenters. The summed E-state index contributed by atoms with van der Waals surface area (Å²) >= 11 is 0. The fourth-order valence-corrected chi connectivity index (χ4v) is 3.85. The number of carbonyl (C=O) groups excluding carboxylic acids is 3. The quantitative estimate of drug-likeness (QED) is 0.675. The Morgan fingerprint density at radius 3 is 2.65 bits per heavy atom. The molecule has 7 nitrogen and oxygen atoms in total. The maximum absolute atomic E-state index is 12.8. The number of rotatable bonds is 7. The van der Waals surface area contributed by atoms with E-state index in [0.29, 0.717) is 41.3 Å². The van der Waals surface area contributed by atoms with Crippen LogP contribution in [0.25, 0.3) is 0 Å². The first-order chi connectivity index (χ1) is 14.9. The summed E-state index contributed by atoms with van der Waals surface area (Å²) in [5.41, 5.74) is 1.35. The lowest BCUT2D eigenvalue weighted by atomic mass is 10.1. The molecule has 0 aliphatic carbocycles. The largest absolute Gasteiger partial charge is 0.457 e. The van der Waals surface area contributed by atoms with Crippen molar-refractivity contribution in [3.63, 3.8) is 0 Å². The second-order valence-corrected chi connectivity index (χ2v) is 8.34. The summed E-state index contributed by atoms with van der Waals surface area (Å²) in [6.07, 6.45) is 2.15. The zero-order valence-electron chi connectivity index (χ0n) is 17.7. The van der Waals surface area contributed by atoms with Crippen LogP contribution in [0, 0.1) is 5.92 Å². The molecule has 1 saturated heterocycles. The molecular weight excluding hydrogens is 396 g/mol. The van der Waals surface area contributed by atoms with Gasteiger partial charge in [-0.3, -0.25) is 19.3 Å². The van der Waals surface area contributed by atoms with Gasteiger partial charge in [0.2, 0.25) is 5.91 Å². The molecule has 162 valence electrons. The minimum absolute atomic E-state index is 0.0554. The van der Waals surface area contributed by atoms with Crippen LogP contribution in [0.15, 0.2) is 42.5 Å². The lowest BCUT2D eigenvalue weighted by Gasteiger charge is -2.17. The molecule has 0 radical (unpaired) electrons. The highest BCUT2D eigenvalue weighted by molar-refractivity contribution is 6.21. The van der Waals surface area contributed by atoms with Crippen LogP contribution >= 0.6 is 0 Å². The van der Waals surface area contributed by atoms with Crippen molar-refractivity contribution in [3.8, 4) is 11.5 Å². The van der Waals surface area contributed by atoms with Crippen molar-refractivity contribution in [1.82, 2.24) is 4.90 Å². The number of anilines is 1. The number of benzene rings is 2. The molecule has 7 heteroatoms. The normalized spacial score (nSPS) is 17.9. The Bertz CT molecular complexity index is 1010. The highest BCUT2D eigenvalue weighted by atomic mass is 16.5. The predicted octanol–water partition coefficient (Wildman–Crippen LogP) is 4.24. The zero-order valence-corrected chi connectivity index (χ0v) is 17.7. The first-order valence-corrected chi connectivity index (χ1v) is 10.6. The van der Waals surface area contributed by atoms with Crippen LogP contribution in [0.4, 0.5) is 5.69 Å². The monoisotopic (exact) mass is 422 g/mol. The van der Waals surface area contributed by atoms with E-state index in [2.05, 4.69) is 5.32 Å². The van der Waals surface area contributed by atoms with Crippen LogP contribution < -0.4 is 10.1 Å². The second-order valence-electron chi connectivity index (χ2n) is 8.34. The second kappa shape index (κ2) is 8.89. The third-order valence-electron chi connectivity index (χ3n) is 5.30. The van der Waals surface area contributed by atoms with Crippen LogP contribution in [0.5, 0.6) is 11.5 Å². The van der Waals surface area contributed by atoms with Gasteiger partial charge in [0.1, 0.15) is 11.5 Å². The molecule has 2 aliphatic heterocycles. The Morgan fingerprint density at radius 2 is 1.90 bits per heavy atom. The van der Waals surface area contributed by atoms with Crippen LogP contribution in [-0.2, 0) is 9.53 Å². The van der Waals surface area contributed by atoms with E-state index in [1.807, 2.05) is 13.8 Å². The lowest BCUT2D eigenvalue weighted by Crippen LogP contribution is -2.36. The highest BCUT2D eigenvalue weighted by Crippen LogP contribution is 2.31. The van der Waals surface area contributed by atoms with Crippen molar-refractivity contribution in [2.24, 2.45) is 5.92 Å². The molecule has 1 N–H and O–H groups in total. The van der Waals surface area contributed by atoms with E-state index in [0.717, 1.165) is 12.8 Å². The molecule has 0 spiro atoms. The number of carbonyl (C=O) groups is 3. The maximum Gasteiger partial charge on any atom is 0.261 e. The fraction of sp³-hybridized carbons (Fsp3) is 0.375. The highest BCUT2D eigenvalue weighted by Gasteiger charge is 2.37. The topological polar surface area (TPSA) is 84.9 Å². The van der Waals surface area contributed by atoms with E-state index in [1.54, 1.807) is 42.5 Å². The average Bonchev–Trinajstić information content (AvgIpc) is 3.31. The van der Waals surface area contributed by atoms with Crippen molar-refractivity contribution < 1.29 is 23.9 Å². The molecule has 4 rings (SSSR count). The van der Waals surface area contributed by atoms with Crippen molar-refractivity contribution in [2.75, 3.05) is 18.5 Å². The van der Waals surface area contributed by atoms with Gasteiger partial charge in [-0.2, -0.15) is 0 Å². The minimum Gasteiger partial charge on any atom is -0.457 e. The fourth-order valence-electron chi connectivity index (χ4n) is 3.85. The molecule has 31 heavy (non-hydrogen) atoms. The van der Waals surface area contributed by atoms with Gasteiger partial charge >= 0.3 is 0 Å². The molecule has 0 aromatic heterocycles. The number of fused-ring (bicyclic) bond motifs is 1. The molecule has 2 heterocycles. The summed E-state index contributed by atoms with van der Waals surface area (Å²) in [6, 6.07) is 11.9. The summed E-state index contributed by atoms with van der Waals surface area (Å²) in [7, 11) is 0. The van der Waals surface area contributed by atoms with Crippen molar-refractivity contribution in [3.05, 3.63) is 53.6 Å². The van der Waals surface area contributed by atoms with Crippen molar-refractivity contribution in [1.29, 1.82) is 0 Å². The van der Waals surface area contributed by atoms with Crippen LogP contribution in [0.1, 0.15) is 53.8 Å². The smallest absolute Gasteiger partial charge is 0.261 e. The number of hydrogen-bond donors (Lipinski definition) is 1. The van der Waals surface area contributed by atoms with Gasteiger partial charge < -0.3 is 14.8 Å². The third-order valence-corrected chi connectivity index (χ3v) is 5.30. The van der Waals surface area contributed by atoms with E-state index >= 15 is 0 Å². The van der Waals surface area contributed by atoms with Gasteiger partial charge in [-0.05, 0) is 49.1 Å². The van der Waals surface area contributed by atoms with Crippen molar-refractivity contribution >= 4 is 23.4 Å². The van der Waals surface area contributed by atoms with E-state index in [4.69, 9.17) is 9.47 Å². The van der Waals surface area contributed by atoms with E-state index in [1.165, 1.54) is 4.90 Å². The number of ether oxygens (including phenoxy) is 2. The summed E-state index contributed by atoms with van der Waals surface area (Å²) in [6.45, 7) is 4.92. The minimum atomic E-state index is -0.323. The van der Waals surface area contributed by atoms with Gasteiger partial charge in [0.05, 0.1) is 23.8 Å². The number of amides is 3. The van der Waals surface area contributed by atoms with Gasteiger partial charge in [-0.25, -0.2) is 0 Å². The van der Waals surface area contributed by atoms with Crippen LogP contribution in [-0.4, -0.2) is 41.9 Å². The number of imide groups is 1. The number of nitrogens with one attached hydrogen (secondary N) is 1. The van der Waals surface area contributed by atoms with Gasteiger partial charge in [-0.1, -0.05) is 19.9 Å². The molecule has 2 aromatic rings. The van der Waals surface area contributed by atoms with E-state index in [9.17, 15) is 14.4 Å². The van der Waals surface area contributed by atoms with Gasteiger partial charge in [0.25, 0.3) is 11.8 Å². The molecule has 2 aliphatic rings. The first kappa shape index (κ1) is 21.1. The summed E-state index contributed by atoms with van der Waals surface area (Å²) in [5, 5.41) is 2.86. The Balaban J connectivity index is 1.46. The predicted molar refractivity (Wildman–Crippen MR) is 115 cm³/mol. The Kier molecular flexibility index (Phi) is 6.04. The third kappa shape index (κ3) is 4.77. The number of hydrogen-bond acceptors (Lipinski definition) is 5. The Morgan fingerprint density at radius 1 is 1.13 bits per heavy atom. The van der Waals surface area contributed by atoms with Crippen LogP contribution in [0.3, 0.4) is 0 Å². The molecular formula is C24H26N2O5. The molecule has 0 saturated carbocycles. The van der Waals surface area contributed by atoms with E-state index in [-0.39, 0.29) is 36.3 Å². The van der Waals surface area contributed by atoms with E-state index < -0.39 is 0 Å². The summed E-state index contributed by atoms with van der Waals surface area (Å²) in [5.74, 6) is 0.568. The number of nitrogens with zero attached hydrogens (tertiary/aromatic N) is 1. The first-order valence-electron chi connectivity index (χ1n) is 10.6. The van der Waals surface area contributed by atoms with Gasteiger partial charge in [0.15, 0.2) is 0 Å². The molecule has 3 amide bonds. The average molecular weight is 422 g/mol. The lowest BCUT2D eigenvalue weighted by molar-refractivity contribution is -0.116. The van der Waals surface area contributed by atoms with Gasteiger partial charge in [0, 0.05) is 24.8 Å². The van der Waals surface area contributed by atoms with Gasteiger partial charge in [-0.15, -0.1) is 0 Å². The molecule has 1 fully saturated rings. The van der Waals surface area contributed by atoms with Crippen molar-refractivity contribution in [2.45, 2.75) is 39.2 Å². The Hall–Kier alpha value is -3.19. The standard InChI is InChI=1S/C24H26N2O5/c1-15(2)11-22(27)25-16-5-3-6-17(12-16)31-18-8-9-20-21(13-18)24(29)26(23(20)28)14-19-7-4-10-30-19/h3,5-6,8-9,12-13,15,19H,4,7,10-11,14H2,1-2H3,(H,25,27). The maximum atomic E-state index is 12.8. The molecule has 0 bridgehead atoms. The molecule has 1 unspecified atom stereocenters. The Labute approximate surface area is 181 Å². The van der Waals surface area contributed by atoms with Crippen LogP contribution in [0.2, 0.25) is 0 Å². The zero-order chi connectivity index (χ0) is 22.0. The summed E-state index contributed by atoms with van der Waals surface area (Å²) < 4.78 is 11.5.